The predicted octanol–water partition coefficient (Wildman–Crippen LogP) is 4.44. The number of hydrogen-bond donors (Lipinski definition) is 0. The fraction of sp³-hybridized carbons (Fsp3) is 0.400. The van der Waals surface area contributed by atoms with Gasteiger partial charge in [0.15, 0.2) is 11.5 Å². The molecule has 0 saturated carbocycles. The first-order valence-electron chi connectivity index (χ1n) is 9.36. The molecular weight excluding hydrogens is 392 g/mol. The molecule has 0 bridgehead atoms. The topological polar surface area (TPSA) is 80.3 Å². The van der Waals surface area contributed by atoms with Crippen molar-refractivity contribution in [2.24, 2.45) is 0 Å². The van der Waals surface area contributed by atoms with Crippen molar-refractivity contribution in [1.82, 2.24) is 24.6 Å². The second-order valence-corrected chi connectivity index (χ2v) is 8.51. The van der Waals surface area contributed by atoms with Crippen LogP contribution in [-0.2, 0) is 5.54 Å². The van der Waals surface area contributed by atoms with Crippen molar-refractivity contribution in [3.05, 3.63) is 41.1 Å². The van der Waals surface area contributed by atoms with E-state index in [1.165, 1.54) is 4.90 Å². The van der Waals surface area contributed by atoms with Crippen molar-refractivity contribution < 1.29 is 9.32 Å². The molecule has 0 atom stereocenters. The molecule has 0 spiro atoms. The molecule has 29 heavy (non-hydrogen) atoms. The molecule has 0 radical (unpaired) electrons. The van der Waals surface area contributed by atoms with E-state index in [1.54, 1.807) is 31.4 Å². The Bertz CT molecular complexity index is 1100. The molecule has 0 saturated heterocycles. The molecular formula is C20H23ClN6O2. The lowest BCUT2D eigenvalue weighted by molar-refractivity contribution is 0.215. The number of benzene rings is 1. The van der Waals surface area contributed by atoms with Crippen LogP contribution in [0.15, 0.2) is 29.0 Å². The largest absolute Gasteiger partial charge is 0.332 e. The molecule has 3 heterocycles. The number of hydrogen-bond acceptors (Lipinski definition) is 5. The maximum atomic E-state index is 13.2. The minimum absolute atomic E-state index is 0.130. The molecule has 152 valence electrons. The Balaban J connectivity index is 2.00. The molecule has 0 unspecified atom stereocenters. The van der Waals surface area contributed by atoms with E-state index in [0.717, 1.165) is 11.4 Å². The Morgan fingerprint density at radius 2 is 2.00 bits per heavy atom. The maximum absolute atomic E-state index is 13.2. The van der Waals surface area contributed by atoms with E-state index >= 15 is 0 Å². The van der Waals surface area contributed by atoms with Crippen LogP contribution in [-0.4, -0.2) is 44.7 Å². The molecule has 0 N–H and O–H groups in total. The van der Waals surface area contributed by atoms with Gasteiger partial charge in [-0.15, -0.1) is 0 Å². The number of nitrogens with zero attached hydrogens (tertiary/aromatic N) is 6. The van der Waals surface area contributed by atoms with Gasteiger partial charge in [0.1, 0.15) is 6.33 Å². The molecule has 1 aliphatic heterocycles. The third-order valence-electron chi connectivity index (χ3n) is 5.09. The van der Waals surface area contributed by atoms with Gasteiger partial charge in [0.2, 0.25) is 0 Å². The zero-order chi connectivity index (χ0) is 21.1. The quantitative estimate of drug-likeness (QED) is 0.619. The van der Waals surface area contributed by atoms with Crippen molar-refractivity contribution in [1.29, 1.82) is 0 Å². The van der Waals surface area contributed by atoms with E-state index in [9.17, 15) is 4.79 Å². The Morgan fingerprint density at radius 3 is 2.62 bits per heavy atom. The van der Waals surface area contributed by atoms with Gasteiger partial charge in [0.05, 0.1) is 27.6 Å². The zero-order valence-corrected chi connectivity index (χ0v) is 18.0. The van der Waals surface area contributed by atoms with Gasteiger partial charge in [-0.1, -0.05) is 36.7 Å². The highest BCUT2D eigenvalue weighted by Gasteiger charge is 2.46. The Labute approximate surface area is 174 Å². The molecule has 3 aromatic rings. The van der Waals surface area contributed by atoms with Crippen LogP contribution in [0.2, 0.25) is 5.02 Å². The standard InChI is InChI=1S/C20H23ClN6O2/c1-11(2)17-23-18(29-24-17)14-16-20(3,4)27(19(28)25(5)6)15-12(21)8-7-9-13(15)26(16)10-22-14/h7-11H,1-6H3. The van der Waals surface area contributed by atoms with E-state index in [2.05, 4.69) is 15.1 Å². The maximum Gasteiger partial charge on any atom is 0.324 e. The van der Waals surface area contributed by atoms with Gasteiger partial charge >= 0.3 is 6.03 Å². The van der Waals surface area contributed by atoms with Crippen LogP contribution in [0.4, 0.5) is 10.5 Å². The minimum atomic E-state index is -0.780. The Kier molecular flexibility index (Phi) is 4.42. The normalized spacial score (nSPS) is 14.7. The van der Waals surface area contributed by atoms with E-state index in [-0.39, 0.29) is 11.9 Å². The van der Waals surface area contributed by atoms with E-state index < -0.39 is 5.54 Å². The molecule has 2 amide bonds. The molecule has 1 aliphatic rings. The molecule has 4 rings (SSSR count). The first kappa shape index (κ1) is 19.4. The average Bonchev–Trinajstić information content (AvgIpc) is 3.29. The van der Waals surface area contributed by atoms with Crippen LogP contribution in [0.1, 0.15) is 45.1 Å². The number of halogens is 1. The summed E-state index contributed by atoms with van der Waals surface area (Å²) in [4.78, 5) is 25.5. The van der Waals surface area contributed by atoms with Crippen LogP contribution in [0.3, 0.4) is 0 Å². The summed E-state index contributed by atoms with van der Waals surface area (Å²) in [5, 5.41) is 4.56. The van der Waals surface area contributed by atoms with Gasteiger partial charge in [-0.3, -0.25) is 9.47 Å². The lowest BCUT2D eigenvalue weighted by atomic mass is 9.92. The Hall–Kier alpha value is -2.87. The van der Waals surface area contributed by atoms with Crippen LogP contribution in [0.25, 0.3) is 17.3 Å². The molecule has 2 aromatic heterocycles. The summed E-state index contributed by atoms with van der Waals surface area (Å²) in [6.07, 6.45) is 1.71. The molecule has 0 aliphatic carbocycles. The van der Waals surface area contributed by atoms with Crippen molar-refractivity contribution >= 4 is 23.3 Å². The van der Waals surface area contributed by atoms with Gasteiger partial charge in [-0.05, 0) is 26.0 Å². The molecule has 1 aromatic carbocycles. The number of rotatable bonds is 2. The number of amides is 2. The fourth-order valence-corrected chi connectivity index (χ4v) is 3.93. The summed E-state index contributed by atoms with van der Waals surface area (Å²) in [6.45, 7) is 7.91. The van der Waals surface area contributed by atoms with Gasteiger partial charge in [0.25, 0.3) is 5.89 Å². The second-order valence-electron chi connectivity index (χ2n) is 8.10. The van der Waals surface area contributed by atoms with E-state index in [0.29, 0.717) is 28.1 Å². The van der Waals surface area contributed by atoms with E-state index in [4.69, 9.17) is 16.1 Å². The highest BCUT2D eigenvalue weighted by molar-refractivity contribution is 6.34. The van der Waals surface area contributed by atoms with Crippen molar-refractivity contribution in [3.8, 4) is 17.3 Å². The average molecular weight is 415 g/mol. The highest BCUT2D eigenvalue weighted by atomic mass is 35.5. The summed E-state index contributed by atoms with van der Waals surface area (Å²) < 4.78 is 7.45. The van der Waals surface area contributed by atoms with Crippen LogP contribution in [0.5, 0.6) is 0 Å². The van der Waals surface area contributed by atoms with Crippen molar-refractivity contribution in [3.63, 3.8) is 0 Å². The zero-order valence-electron chi connectivity index (χ0n) is 17.3. The van der Waals surface area contributed by atoms with Gasteiger partial charge in [0, 0.05) is 20.0 Å². The number of imidazole rings is 1. The summed E-state index contributed by atoms with van der Waals surface area (Å²) in [5.41, 5.74) is 1.96. The summed E-state index contributed by atoms with van der Waals surface area (Å²) >= 11 is 6.55. The summed E-state index contributed by atoms with van der Waals surface area (Å²) in [7, 11) is 3.43. The number of carbonyl (C=O) groups is 1. The number of carbonyl (C=O) groups excluding carboxylic acids is 1. The van der Waals surface area contributed by atoms with Crippen LogP contribution in [0, 0.1) is 0 Å². The molecule has 8 nitrogen and oxygen atoms in total. The monoisotopic (exact) mass is 414 g/mol. The number of para-hydroxylation sites is 1. The first-order valence-corrected chi connectivity index (χ1v) is 9.74. The number of anilines is 1. The summed E-state index contributed by atoms with van der Waals surface area (Å²) in [6, 6.07) is 5.36. The smallest absolute Gasteiger partial charge is 0.324 e. The molecule has 9 heteroatoms. The fourth-order valence-electron chi connectivity index (χ4n) is 3.68. The Morgan fingerprint density at radius 1 is 1.28 bits per heavy atom. The van der Waals surface area contributed by atoms with Gasteiger partial charge < -0.3 is 9.42 Å². The number of fused-ring (bicyclic) bond motifs is 3. The predicted molar refractivity (Wildman–Crippen MR) is 111 cm³/mol. The van der Waals surface area contributed by atoms with Crippen LogP contribution < -0.4 is 4.90 Å². The second kappa shape index (κ2) is 6.59. The van der Waals surface area contributed by atoms with Crippen molar-refractivity contribution in [2.75, 3.05) is 19.0 Å². The number of urea groups is 1. The number of aromatic nitrogens is 4. The lowest BCUT2D eigenvalue weighted by Crippen LogP contribution is -2.53. The third kappa shape index (κ3) is 2.81. The minimum Gasteiger partial charge on any atom is -0.332 e. The van der Waals surface area contributed by atoms with E-state index in [1.807, 2.05) is 44.4 Å². The SMILES string of the molecule is CC(C)c1noc(-c2ncn3c2C(C)(C)N(C(=O)N(C)C)c2c(Cl)cccc2-3)n1. The summed E-state index contributed by atoms with van der Waals surface area (Å²) in [5.74, 6) is 1.07. The van der Waals surface area contributed by atoms with Gasteiger partial charge in [-0.25, -0.2) is 9.78 Å². The lowest BCUT2D eigenvalue weighted by Gasteiger charge is -2.45. The van der Waals surface area contributed by atoms with Crippen molar-refractivity contribution in [2.45, 2.75) is 39.2 Å². The molecule has 0 fully saturated rings. The van der Waals surface area contributed by atoms with Crippen LogP contribution >= 0.6 is 11.6 Å². The first-order chi connectivity index (χ1) is 13.6. The third-order valence-corrected chi connectivity index (χ3v) is 5.39. The van der Waals surface area contributed by atoms with Gasteiger partial charge in [-0.2, -0.15) is 4.98 Å². The highest BCUT2D eigenvalue weighted by Crippen LogP contribution is 2.48.